The summed E-state index contributed by atoms with van der Waals surface area (Å²) in [5.41, 5.74) is 2.22. The van der Waals surface area contributed by atoms with Crippen LogP contribution in [0.25, 0.3) is 6.08 Å². The Morgan fingerprint density at radius 1 is 1.62 bits per heavy atom. The van der Waals surface area contributed by atoms with Gasteiger partial charge in [-0.15, -0.1) is 0 Å². The fourth-order valence-corrected chi connectivity index (χ4v) is 0.972. The molecule has 3 nitrogen and oxygen atoms in total. The molecule has 0 aliphatic carbocycles. The average molecular weight is 177 g/mol. The number of rotatable bonds is 3. The van der Waals surface area contributed by atoms with Crippen LogP contribution in [0.1, 0.15) is 19.5 Å². The molecule has 1 N–H and O–H groups in total. The SMILES string of the molecule is CNC(C)/C(C)=C/c1ccncn1. The monoisotopic (exact) mass is 177 g/mol. The summed E-state index contributed by atoms with van der Waals surface area (Å²) in [5.74, 6) is 0. The maximum atomic E-state index is 4.12. The van der Waals surface area contributed by atoms with Crippen molar-refractivity contribution in [3.05, 3.63) is 29.9 Å². The molecule has 1 aromatic heterocycles. The Balaban J connectivity index is 2.77. The van der Waals surface area contributed by atoms with E-state index in [1.165, 1.54) is 5.57 Å². The first-order valence-corrected chi connectivity index (χ1v) is 4.35. The molecule has 0 radical (unpaired) electrons. The first kappa shape index (κ1) is 9.86. The van der Waals surface area contributed by atoms with Gasteiger partial charge in [0.1, 0.15) is 6.33 Å². The standard InChI is InChI=1S/C10H15N3/c1-8(9(2)11-3)6-10-4-5-12-7-13-10/h4-7,9,11H,1-3H3/b8-6+. The molecule has 0 aromatic carbocycles. The molecule has 0 saturated heterocycles. The van der Waals surface area contributed by atoms with Gasteiger partial charge in [-0.2, -0.15) is 0 Å². The highest BCUT2D eigenvalue weighted by molar-refractivity contribution is 5.48. The first-order valence-electron chi connectivity index (χ1n) is 4.35. The molecule has 0 spiro atoms. The topological polar surface area (TPSA) is 37.8 Å². The lowest BCUT2D eigenvalue weighted by Gasteiger charge is -2.09. The largest absolute Gasteiger partial charge is 0.314 e. The molecule has 0 amide bonds. The second kappa shape index (κ2) is 4.72. The summed E-state index contributed by atoms with van der Waals surface area (Å²) < 4.78 is 0. The van der Waals surface area contributed by atoms with Gasteiger partial charge in [-0.1, -0.05) is 5.57 Å². The second-order valence-corrected chi connectivity index (χ2v) is 3.03. The lowest BCUT2D eigenvalue weighted by Crippen LogP contribution is -2.22. The summed E-state index contributed by atoms with van der Waals surface area (Å²) in [6.07, 6.45) is 5.36. The lowest BCUT2D eigenvalue weighted by molar-refractivity contribution is 0.696. The highest BCUT2D eigenvalue weighted by atomic mass is 14.9. The number of aromatic nitrogens is 2. The molecular weight excluding hydrogens is 162 g/mol. The third-order valence-electron chi connectivity index (χ3n) is 2.10. The fourth-order valence-electron chi connectivity index (χ4n) is 0.972. The quantitative estimate of drug-likeness (QED) is 0.760. The van der Waals surface area contributed by atoms with Crippen LogP contribution in [0.15, 0.2) is 24.2 Å². The van der Waals surface area contributed by atoms with Gasteiger partial charge in [0.25, 0.3) is 0 Å². The molecule has 1 heterocycles. The summed E-state index contributed by atoms with van der Waals surface area (Å²) in [6, 6.07) is 2.28. The van der Waals surface area contributed by atoms with Crippen LogP contribution < -0.4 is 5.32 Å². The van der Waals surface area contributed by atoms with Crippen molar-refractivity contribution in [1.82, 2.24) is 15.3 Å². The van der Waals surface area contributed by atoms with Crippen LogP contribution in [-0.2, 0) is 0 Å². The van der Waals surface area contributed by atoms with Crippen molar-refractivity contribution in [3.63, 3.8) is 0 Å². The molecule has 1 aromatic rings. The molecule has 1 atom stereocenters. The van der Waals surface area contributed by atoms with Gasteiger partial charge in [0.15, 0.2) is 0 Å². The van der Waals surface area contributed by atoms with Crippen molar-refractivity contribution in [2.24, 2.45) is 0 Å². The van der Waals surface area contributed by atoms with Crippen molar-refractivity contribution in [1.29, 1.82) is 0 Å². The van der Waals surface area contributed by atoms with Crippen LogP contribution >= 0.6 is 0 Å². The smallest absolute Gasteiger partial charge is 0.115 e. The average Bonchev–Trinajstić information content (AvgIpc) is 2.18. The van der Waals surface area contributed by atoms with E-state index in [9.17, 15) is 0 Å². The zero-order chi connectivity index (χ0) is 9.68. The minimum absolute atomic E-state index is 0.384. The van der Waals surface area contributed by atoms with Crippen LogP contribution in [0.4, 0.5) is 0 Å². The summed E-state index contributed by atoms with van der Waals surface area (Å²) in [5, 5.41) is 3.17. The predicted molar refractivity (Wildman–Crippen MR) is 54.2 cm³/mol. The second-order valence-electron chi connectivity index (χ2n) is 3.03. The van der Waals surface area contributed by atoms with E-state index in [0.29, 0.717) is 6.04 Å². The molecule has 0 fully saturated rings. The zero-order valence-corrected chi connectivity index (χ0v) is 8.28. The van der Waals surface area contributed by atoms with E-state index in [4.69, 9.17) is 0 Å². The Morgan fingerprint density at radius 3 is 2.92 bits per heavy atom. The lowest BCUT2D eigenvalue weighted by atomic mass is 10.1. The van der Waals surface area contributed by atoms with Gasteiger partial charge in [0.2, 0.25) is 0 Å². The van der Waals surface area contributed by atoms with Crippen molar-refractivity contribution in [2.45, 2.75) is 19.9 Å². The van der Waals surface area contributed by atoms with Gasteiger partial charge in [-0.3, -0.25) is 0 Å². The van der Waals surface area contributed by atoms with Crippen molar-refractivity contribution >= 4 is 6.08 Å². The van der Waals surface area contributed by atoms with Gasteiger partial charge in [0, 0.05) is 12.2 Å². The van der Waals surface area contributed by atoms with Crippen molar-refractivity contribution < 1.29 is 0 Å². The van der Waals surface area contributed by atoms with Crippen molar-refractivity contribution in [2.75, 3.05) is 7.05 Å². The van der Waals surface area contributed by atoms with Crippen LogP contribution in [0.3, 0.4) is 0 Å². The first-order chi connectivity index (χ1) is 6.24. The third kappa shape index (κ3) is 2.95. The molecule has 0 saturated carbocycles. The molecule has 70 valence electrons. The molecular formula is C10H15N3. The Morgan fingerprint density at radius 2 is 2.38 bits per heavy atom. The van der Waals surface area contributed by atoms with Crippen LogP contribution in [-0.4, -0.2) is 23.1 Å². The van der Waals surface area contributed by atoms with Gasteiger partial charge >= 0.3 is 0 Å². The molecule has 0 bridgehead atoms. The highest BCUT2D eigenvalue weighted by Crippen LogP contribution is 2.05. The highest BCUT2D eigenvalue weighted by Gasteiger charge is 1.99. The van der Waals surface area contributed by atoms with E-state index in [-0.39, 0.29) is 0 Å². The van der Waals surface area contributed by atoms with Crippen LogP contribution in [0, 0.1) is 0 Å². The summed E-state index contributed by atoms with van der Waals surface area (Å²) in [7, 11) is 1.95. The summed E-state index contributed by atoms with van der Waals surface area (Å²) in [4.78, 5) is 7.98. The molecule has 1 rings (SSSR count). The van der Waals surface area contributed by atoms with Gasteiger partial charge in [-0.25, -0.2) is 9.97 Å². The minimum Gasteiger partial charge on any atom is -0.314 e. The Kier molecular flexibility index (Phi) is 3.58. The Labute approximate surface area is 78.9 Å². The van der Waals surface area contributed by atoms with Gasteiger partial charge in [-0.05, 0) is 33.0 Å². The summed E-state index contributed by atoms with van der Waals surface area (Å²) in [6.45, 7) is 4.20. The molecule has 0 aliphatic heterocycles. The third-order valence-corrected chi connectivity index (χ3v) is 2.10. The predicted octanol–water partition coefficient (Wildman–Crippen LogP) is 1.49. The Bertz CT molecular complexity index is 279. The number of nitrogens with one attached hydrogen (secondary N) is 1. The molecule has 13 heavy (non-hydrogen) atoms. The number of hydrogen-bond donors (Lipinski definition) is 1. The van der Waals surface area contributed by atoms with E-state index in [0.717, 1.165) is 5.69 Å². The zero-order valence-electron chi connectivity index (χ0n) is 8.28. The summed E-state index contributed by atoms with van der Waals surface area (Å²) >= 11 is 0. The van der Waals surface area contributed by atoms with Gasteiger partial charge in [0.05, 0.1) is 5.69 Å². The maximum absolute atomic E-state index is 4.12. The van der Waals surface area contributed by atoms with E-state index >= 15 is 0 Å². The van der Waals surface area contributed by atoms with E-state index in [1.807, 2.05) is 13.1 Å². The van der Waals surface area contributed by atoms with E-state index in [1.54, 1.807) is 12.5 Å². The van der Waals surface area contributed by atoms with E-state index < -0.39 is 0 Å². The molecule has 1 unspecified atom stereocenters. The fraction of sp³-hybridized carbons (Fsp3) is 0.400. The van der Waals surface area contributed by atoms with E-state index in [2.05, 4.69) is 35.2 Å². The number of hydrogen-bond acceptors (Lipinski definition) is 3. The van der Waals surface area contributed by atoms with Crippen LogP contribution in [0.2, 0.25) is 0 Å². The van der Waals surface area contributed by atoms with Crippen LogP contribution in [0.5, 0.6) is 0 Å². The molecule has 0 aliphatic rings. The number of nitrogens with zero attached hydrogens (tertiary/aromatic N) is 2. The normalized spacial score (nSPS) is 14.2. The maximum Gasteiger partial charge on any atom is 0.115 e. The number of likely N-dealkylation sites (N-methyl/N-ethyl adjacent to an activating group) is 1. The minimum atomic E-state index is 0.384. The van der Waals surface area contributed by atoms with Crippen molar-refractivity contribution in [3.8, 4) is 0 Å². The Hall–Kier alpha value is -1.22. The molecule has 3 heteroatoms. The van der Waals surface area contributed by atoms with Gasteiger partial charge < -0.3 is 5.32 Å².